The minimum Gasteiger partial charge on any atom is -0.374 e. The Kier molecular flexibility index (Phi) is 6.16. The van der Waals surface area contributed by atoms with Gasteiger partial charge in [0.25, 0.3) is 5.91 Å². The fourth-order valence-electron chi connectivity index (χ4n) is 2.69. The molecule has 0 atom stereocenters. The summed E-state index contributed by atoms with van der Waals surface area (Å²) in [6, 6.07) is 13.7. The normalized spacial score (nSPS) is 11.0. The Balaban J connectivity index is 1.69. The quantitative estimate of drug-likeness (QED) is 0.678. The number of amides is 1. The molecule has 0 bridgehead atoms. The summed E-state index contributed by atoms with van der Waals surface area (Å²) in [4.78, 5) is 16.7. The van der Waals surface area contributed by atoms with E-state index < -0.39 is 0 Å². The molecule has 3 rings (SSSR count). The number of nitrogens with zero attached hydrogens (tertiary/aromatic N) is 3. The summed E-state index contributed by atoms with van der Waals surface area (Å²) in [5.74, 6) is -0.0941. The molecule has 3 aromatic rings. The molecule has 0 aliphatic carbocycles. The second-order valence-corrected chi connectivity index (χ2v) is 6.68. The molecule has 0 spiro atoms. The Bertz CT molecular complexity index is 951. The highest BCUT2D eigenvalue weighted by atomic mass is 19.1. The van der Waals surface area contributed by atoms with Crippen LogP contribution in [0.15, 0.2) is 48.5 Å². The Morgan fingerprint density at radius 3 is 2.50 bits per heavy atom. The van der Waals surface area contributed by atoms with E-state index in [1.807, 2.05) is 38.1 Å². The number of hydrogen-bond donors (Lipinski definition) is 1. The van der Waals surface area contributed by atoms with E-state index in [1.165, 1.54) is 16.8 Å². The van der Waals surface area contributed by atoms with Crippen LogP contribution in [0.1, 0.15) is 41.4 Å². The molecule has 0 unspecified atom stereocenters. The van der Waals surface area contributed by atoms with Gasteiger partial charge in [0.1, 0.15) is 11.6 Å². The molecule has 7 heteroatoms. The molecule has 0 aliphatic heterocycles. The van der Waals surface area contributed by atoms with Crippen molar-refractivity contribution < 1.29 is 13.9 Å². The summed E-state index contributed by atoms with van der Waals surface area (Å²) >= 11 is 0. The summed E-state index contributed by atoms with van der Waals surface area (Å²) in [7, 11) is 0. The molecule has 1 aromatic heterocycles. The molecule has 0 saturated carbocycles. The van der Waals surface area contributed by atoms with Crippen molar-refractivity contribution in [1.29, 1.82) is 0 Å². The van der Waals surface area contributed by atoms with Gasteiger partial charge < -0.3 is 10.1 Å². The van der Waals surface area contributed by atoms with Gasteiger partial charge in [0, 0.05) is 6.54 Å². The van der Waals surface area contributed by atoms with Crippen molar-refractivity contribution in [2.24, 2.45) is 0 Å². The van der Waals surface area contributed by atoms with E-state index in [0.29, 0.717) is 24.7 Å². The zero-order chi connectivity index (χ0) is 20.1. The van der Waals surface area contributed by atoms with Gasteiger partial charge in [-0.25, -0.2) is 14.1 Å². The SMILES string of the molecule is Cc1nc(C(=O)NCc2ccccc2COC(C)C)nn1-c1ccc(F)cc1. The average Bonchev–Trinajstić information content (AvgIpc) is 3.07. The summed E-state index contributed by atoms with van der Waals surface area (Å²) in [6.07, 6.45) is 0.130. The van der Waals surface area contributed by atoms with E-state index in [4.69, 9.17) is 4.74 Å². The molecule has 0 fully saturated rings. The Morgan fingerprint density at radius 1 is 1.14 bits per heavy atom. The van der Waals surface area contributed by atoms with Gasteiger partial charge in [-0.1, -0.05) is 24.3 Å². The molecule has 1 N–H and O–H groups in total. The van der Waals surface area contributed by atoms with E-state index in [2.05, 4.69) is 15.4 Å². The summed E-state index contributed by atoms with van der Waals surface area (Å²) < 4.78 is 20.3. The first-order valence-electron chi connectivity index (χ1n) is 9.10. The van der Waals surface area contributed by atoms with Crippen LogP contribution in [-0.2, 0) is 17.9 Å². The maximum absolute atomic E-state index is 13.1. The van der Waals surface area contributed by atoms with Crippen LogP contribution >= 0.6 is 0 Å². The lowest BCUT2D eigenvalue weighted by Gasteiger charge is -2.12. The van der Waals surface area contributed by atoms with Gasteiger partial charge in [0.15, 0.2) is 0 Å². The van der Waals surface area contributed by atoms with Crippen molar-refractivity contribution in [3.05, 3.63) is 77.1 Å². The molecular weight excluding hydrogens is 359 g/mol. The lowest BCUT2D eigenvalue weighted by atomic mass is 10.1. The first kappa shape index (κ1) is 19.7. The van der Waals surface area contributed by atoms with Crippen LogP contribution in [0.5, 0.6) is 0 Å². The number of halogens is 1. The molecule has 1 heterocycles. The minimum absolute atomic E-state index is 0.0673. The molecule has 1 amide bonds. The number of hydrogen-bond acceptors (Lipinski definition) is 4. The highest BCUT2D eigenvalue weighted by Crippen LogP contribution is 2.13. The van der Waals surface area contributed by atoms with E-state index in [1.54, 1.807) is 19.1 Å². The first-order chi connectivity index (χ1) is 13.4. The lowest BCUT2D eigenvalue weighted by Crippen LogP contribution is -2.25. The molecule has 0 saturated heterocycles. The van der Waals surface area contributed by atoms with Crippen molar-refractivity contribution in [3.63, 3.8) is 0 Å². The predicted octanol–water partition coefficient (Wildman–Crippen LogP) is 3.57. The molecule has 6 nitrogen and oxygen atoms in total. The zero-order valence-corrected chi connectivity index (χ0v) is 16.1. The third kappa shape index (κ3) is 4.80. The van der Waals surface area contributed by atoms with Crippen molar-refractivity contribution in [2.45, 2.75) is 40.0 Å². The largest absolute Gasteiger partial charge is 0.374 e. The average molecular weight is 382 g/mol. The van der Waals surface area contributed by atoms with E-state index in [0.717, 1.165) is 11.1 Å². The van der Waals surface area contributed by atoms with Crippen LogP contribution < -0.4 is 5.32 Å². The van der Waals surface area contributed by atoms with Gasteiger partial charge in [-0.15, -0.1) is 5.10 Å². The van der Waals surface area contributed by atoms with Crippen LogP contribution in [0.3, 0.4) is 0 Å². The molecule has 0 radical (unpaired) electrons. The van der Waals surface area contributed by atoms with Crippen LogP contribution in [0.25, 0.3) is 5.69 Å². The molecule has 146 valence electrons. The van der Waals surface area contributed by atoms with Crippen LogP contribution in [0.2, 0.25) is 0 Å². The maximum atomic E-state index is 13.1. The van der Waals surface area contributed by atoms with Gasteiger partial charge in [-0.3, -0.25) is 4.79 Å². The van der Waals surface area contributed by atoms with Crippen LogP contribution in [0.4, 0.5) is 4.39 Å². The summed E-state index contributed by atoms with van der Waals surface area (Å²) in [5, 5.41) is 7.10. The summed E-state index contributed by atoms with van der Waals surface area (Å²) in [6.45, 7) is 6.54. The summed E-state index contributed by atoms with van der Waals surface area (Å²) in [5.41, 5.74) is 2.64. The number of carbonyl (C=O) groups is 1. The number of aromatic nitrogens is 3. The van der Waals surface area contributed by atoms with Gasteiger partial charge in [0.05, 0.1) is 18.4 Å². The number of carbonyl (C=O) groups excluding carboxylic acids is 1. The number of rotatable bonds is 7. The van der Waals surface area contributed by atoms with Crippen molar-refractivity contribution in [2.75, 3.05) is 0 Å². The second kappa shape index (κ2) is 8.75. The Morgan fingerprint density at radius 2 is 1.82 bits per heavy atom. The van der Waals surface area contributed by atoms with Gasteiger partial charge in [-0.05, 0) is 56.2 Å². The fourth-order valence-corrected chi connectivity index (χ4v) is 2.69. The van der Waals surface area contributed by atoms with E-state index in [-0.39, 0.29) is 23.7 Å². The molecule has 2 aromatic carbocycles. The third-order valence-electron chi connectivity index (χ3n) is 4.17. The van der Waals surface area contributed by atoms with Crippen LogP contribution in [-0.4, -0.2) is 26.8 Å². The lowest BCUT2D eigenvalue weighted by molar-refractivity contribution is 0.0651. The fraction of sp³-hybridized carbons (Fsp3) is 0.286. The molecular formula is C21H23FN4O2. The van der Waals surface area contributed by atoms with Crippen LogP contribution in [0, 0.1) is 12.7 Å². The smallest absolute Gasteiger partial charge is 0.291 e. The second-order valence-electron chi connectivity index (χ2n) is 6.68. The zero-order valence-electron chi connectivity index (χ0n) is 16.1. The minimum atomic E-state index is -0.372. The standard InChI is InChI=1S/C21H23FN4O2/c1-14(2)28-13-17-7-5-4-6-16(17)12-23-21(27)20-24-15(3)26(25-20)19-10-8-18(22)9-11-19/h4-11,14H,12-13H2,1-3H3,(H,23,27). The predicted molar refractivity (Wildman–Crippen MR) is 104 cm³/mol. The highest BCUT2D eigenvalue weighted by molar-refractivity contribution is 5.90. The van der Waals surface area contributed by atoms with E-state index in [9.17, 15) is 9.18 Å². The molecule has 0 aliphatic rings. The number of ether oxygens (including phenoxy) is 1. The third-order valence-corrected chi connectivity index (χ3v) is 4.17. The number of aryl methyl sites for hydroxylation is 1. The van der Waals surface area contributed by atoms with Gasteiger partial charge in [-0.2, -0.15) is 0 Å². The Hall–Kier alpha value is -3.06. The molecule has 28 heavy (non-hydrogen) atoms. The monoisotopic (exact) mass is 382 g/mol. The highest BCUT2D eigenvalue weighted by Gasteiger charge is 2.15. The van der Waals surface area contributed by atoms with E-state index >= 15 is 0 Å². The van der Waals surface area contributed by atoms with Crippen molar-refractivity contribution in [1.82, 2.24) is 20.1 Å². The van der Waals surface area contributed by atoms with Crippen molar-refractivity contribution >= 4 is 5.91 Å². The first-order valence-corrected chi connectivity index (χ1v) is 9.10. The Labute approximate surface area is 163 Å². The number of benzene rings is 2. The maximum Gasteiger partial charge on any atom is 0.291 e. The topological polar surface area (TPSA) is 69.0 Å². The van der Waals surface area contributed by atoms with Gasteiger partial charge in [0.2, 0.25) is 5.82 Å². The van der Waals surface area contributed by atoms with Crippen molar-refractivity contribution in [3.8, 4) is 5.69 Å². The number of nitrogens with one attached hydrogen (secondary N) is 1. The van der Waals surface area contributed by atoms with Gasteiger partial charge >= 0.3 is 0 Å².